The summed E-state index contributed by atoms with van der Waals surface area (Å²) in [4.78, 5) is 13.9. The lowest BCUT2D eigenvalue weighted by molar-refractivity contribution is -0.131. The van der Waals surface area contributed by atoms with Crippen molar-refractivity contribution in [3.63, 3.8) is 0 Å². The Morgan fingerprint density at radius 3 is 2.75 bits per heavy atom. The molecular weight excluding hydrogens is 222 g/mol. The van der Waals surface area contributed by atoms with Crippen molar-refractivity contribution in [3.8, 4) is 0 Å². The van der Waals surface area contributed by atoms with Crippen LogP contribution in [-0.2, 0) is 11.3 Å². The predicted octanol–water partition coefficient (Wildman–Crippen LogP) is 0.989. The third kappa shape index (κ3) is 2.82. The van der Waals surface area contributed by atoms with E-state index in [2.05, 4.69) is 0 Å². The highest BCUT2D eigenvalue weighted by molar-refractivity contribution is 7.80. The smallest absolute Gasteiger partial charge is 0.242 e. The lowest BCUT2D eigenvalue weighted by Crippen LogP contribution is -2.36. The quantitative estimate of drug-likeness (QED) is 0.797. The Hall–Kier alpha value is -1.36. The summed E-state index contributed by atoms with van der Waals surface area (Å²) >= 11 is 4.91. The van der Waals surface area contributed by atoms with Crippen LogP contribution in [0.25, 0.3) is 0 Å². The maximum atomic E-state index is 11.8. The molecule has 88 valence electrons. The van der Waals surface area contributed by atoms with Gasteiger partial charge in [0.2, 0.25) is 5.91 Å². The van der Waals surface area contributed by atoms with Crippen molar-refractivity contribution in [2.75, 3.05) is 7.05 Å². The van der Waals surface area contributed by atoms with Gasteiger partial charge in [-0.3, -0.25) is 4.79 Å². The molecule has 0 aliphatic carbocycles. The van der Waals surface area contributed by atoms with Crippen LogP contribution in [0.2, 0.25) is 0 Å². The standard InChI is InChI=1S/C11H17N3OS/c1-8(2)13(3)10(15)7-14-6-4-5-9(14)11(12)16/h4-6,8H,7H2,1-3H3,(H2,12,16). The molecule has 1 aromatic rings. The van der Waals surface area contributed by atoms with Crippen LogP contribution in [-0.4, -0.2) is 33.5 Å². The maximum Gasteiger partial charge on any atom is 0.242 e. The normalized spacial score (nSPS) is 10.5. The molecule has 0 atom stereocenters. The fraction of sp³-hybridized carbons (Fsp3) is 0.455. The van der Waals surface area contributed by atoms with Gasteiger partial charge in [-0.25, -0.2) is 0 Å². The molecule has 0 aromatic carbocycles. The van der Waals surface area contributed by atoms with Crippen LogP contribution in [0.5, 0.6) is 0 Å². The third-order valence-corrected chi connectivity index (χ3v) is 2.76. The van der Waals surface area contributed by atoms with E-state index >= 15 is 0 Å². The molecule has 1 heterocycles. The van der Waals surface area contributed by atoms with Gasteiger partial charge in [0, 0.05) is 19.3 Å². The minimum atomic E-state index is 0.0451. The van der Waals surface area contributed by atoms with Crippen molar-refractivity contribution < 1.29 is 4.79 Å². The number of nitrogens with two attached hydrogens (primary N) is 1. The number of amides is 1. The van der Waals surface area contributed by atoms with Gasteiger partial charge in [-0.2, -0.15) is 0 Å². The van der Waals surface area contributed by atoms with E-state index in [-0.39, 0.29) is 18.5 Å². The fourth-order valence-corrected chi connectivity index (χ4v) is 1.51. The zero-order chi connectivity index (χ0) is 12.3. The van der Waals surface area contributed by atoms with Gasteiger partial charge >= 0.3 is 0 Å². The van der Waals surface area contributed by atoms with Crippen molar-refractivity contribution >= 4 is 23.1 Å². The summed E-state index contributed by atoms with van der Waals surface area (Å²) < 4.78 is 1.77. The number of carbonyl (C=O) groups excluding carboxylic acids is 1. The Balaban J connectivity index is 2.77. The average Bonchev–Trinajstić information content (AvgIpc) is 2.64. The Bertz CT molecular complexity index is 398. The van der Waals surface area contributed by atoms with Crippen molar-refractivity contribution in [1.29, 1.82) is 0 Å². The van der Waals surface area contributed by atoms with E-state index in [0.29, 0.717) is 4.99 Å². The first-order valence-electron chi connectivity index (χ1n) is 5.14. The molecule has 0 fully saturated rings. The second-order valence-corrected chi connectivity index (χ2v) is 4.42. The second kappa shape index (κ2) is 5.12. The van der Waals surface area contributed by atoms with Crippen molar-refractivity contribution in [2.45, 2.75) is 26.4 Å². The molecular formula is C11H17N3OS. The SMILES string of the molecule is CC(C)N(C)C(=O)Cn1cccc1C(N)=S. The summed E-state index contributed by atoms with van der Waals surface area (Å²) in [6.45, 7) is 4.22. The largest absolute Gasteiger partial charge is 0.388 e. The molecule has 0 unspecified atom stereocenters. The molecule has 16 heavy (non-hydrogen) atoms. The molecule has 0 aliphatic rings. The van der Waals surface area contributed by atoms with E-state index in [1.165, 1.54) is 0 Å². The summed E-state index contributed by atoms with van der Waals surface area (Å²) in [6.07, 6.45) is 1.81. The van der Waals surface area contributed by atoms with Gasteiger partial charge in [0.05, 0.1) is 5.69 Å². The predicted molar refractivity (Wildman–Crippen MR) is 68.2 cm³/mol. The number of thiocarbonyl (C=S) groups is 1. The van der Waals surface area contributed by atoms with E-state index in [9.17, 15) is 4.79 Å². The van der Waals surface area contributed by atoms with Crippen LogP contribution in [0, 0.1) is 0 Å². The first kappa shape index (κ1) is 12.7. The molecule has 5 heteroatoms. The zero-order valence-corrected chi connectivity index (χ0v) is 10.6. The van der Waals surface area contributed by atoms with E-state index in [1.54, 1.807) is 22.7 Å². The molecule has 0 saturated heterocycles. The lowest BCUT2D eigenvalue weighted by Gasteiger charge is -2.22. The number of hydrogen-bond acceptors (Lipinski definition) is 2. The molecule has 0 aliphatic heterocycles. The summed E-state index contributed by atoms with van der Waals surface area (Å²) in [6, 6.07) is 3.83. The molecule has 0 saturated carbocycles. The van der Waals surface area contributed by atoms with Crippen LogP contribution >= 0.6 is 12.2 Å². The molecule has 1 amide bonds. The maximum absolute atomic E-state index is 11.8. The topological polar surface area (TPSA) is 51.3 Å². The van der Waals surface area contributed by atoms with Gasteiger partial charge in [-0.1, -0.05) is 12.2 Å². The first-order valence-corrected chi connectivity index (χ1v) is 5.55. The molecule has 4 nitrogen and oxygen atoms in total. The highest BCUT2D eigenvalue weighted by Crippen LogP contribution is 2.04. The van der Waals surface area contributed by atoms with E-state index in [1.807, 2.05) is 26.0 Å². The van der Waals surface area contributed by atoms with Crippen LogP contribution < -0.4 is 5.73 Å². The number of rotatable bonds is 4. The van der Waals surface area contributed by atoms with Crippen LogP contribution in [0.3, 0.4) is 0 Å². The van der Waals surface area contributed by atoms with Gasteiger partial charge in [-0.05, 0) is 26.0 Å². The minimum Gasteiger partial charge on any atom is -0.388 e. The number of aromatic nitrogens is 1. The van der Waals surface area contributed by atoms with Crippen molar-refractivity contribution in [3.05, 3.63) is 24.0 Å². The van der Waals surface area contributed by atoms with Gasteiger partial charge in [0.1, 0.15) is 11.5 Å². The Kier molecular flexibility index (Phi) is 4.06. The van der Waals surface area contributed by atoms with E-state index in [4.69, 9.17) is 18.0 Å². The van der Waals surface area contributed by atoms with Gasteiger partial charge < -0.3 is 15.2 Å². The van der Waals surface area contributed by atoms with E-state index in [0.717, 1.165) is 5.69 Å². The third-order valence-electron chi connectivity index (χ3n) is 2.56. The van der Waals surface area contributed by atoms with Gasteiger partial charge in [0.25, 0.3) is 0 Å². The summed E-state index contributed by atoms with van der Waals surface area (Å²) in [5.74, 6) is 0.0451. The fourth-order valence-electron chi connectivity index (χ4n) is 1.32. The summed E-state index contributed by atoms with van der Waals surface area (Å²) in [5, 5.41) is 0. The molecule has 1 aromatic heterocycles. The number of nitrogens with zero attached hydrogens (tertiary/aromatic N) is 2. The molecule has 0 bridgehead atoms. The van der Waals surface area contributed by atoms with Crippen LogP contribution in [0.1, 0.15) is 19.5 Å². The zero-order valence-electron chi connectivity index (χ0n) is 9.80. The van der Waals surface area contributed by atoms with Crippen molar-refractivity contribution in [2.24, 2.45) is 5.73 Å². The highest BCUT2D eigenvalue weighted by Gasteiger charge is 2.14. The Morgan fingerprint density at radius 1 is 1.62 bits per heavy atom. The Morgan fingerprint density at radius 2 is 2.25 bits per heavy atom. The van der Waals surface area contributed by atoms with Crippen LogP contribution in [0.15, 0.2) is 18.3 Å². The monoisotopic (exact) mass is 239 g/mol. The van der Waals surface area contributed by atoms with E-state index < -0.39 is 0 Å². The van der Waals surface area contributed by atoms with Crippen LogP contribution in [0.4, 0.5) is 0 Å². The number of carbonyl (C=O) groups is 1. The number of likely N-dealkylation sites (N-methyl/N-ethyl adjacent to an activating group) is 1. The molecule has 2 N–H and O–H groups in total. The van der Waals surface area contributed by atoms with Gasteiger partial charge in [0.15, 0.2) is 0 Å². The number of hydrogen-bond donors (Lipinski definition) is 1. The minimum absolute atomic E-state index is 0.0451. The molecule has 1 rings (SSSR count). The van der Waals surface area contributed by atoms with Crippen molar-refractivity contribution in [1.82, 2.24) is 9.47 Å². The summed E-state index contributed by atoms with van der Waals surface area (Å²) in [7, 11) is 1.79. The molecule has 0 radical (unpaired) electrons. The summed E-state index contributed by atoms with van der Waals surface area (Å²) in [5.41, 5.74) is 6.28. The lowest BCUT2D eigenvalue weighted by atomic mass is 10.3. The highest BCUT2D eigenvalue weighted by atomic mass is 32.1. The average molecular weight is 239 g/mol. The Labute approximate surface area is 101 Å². The van der Waals surface area contributed by atoms with Gasteiger partial charge in [-0.15, -0.1) is 0 Å². The second-order valence-electron chi connectivity index (χ2n) is 3.98. The molecule has 0 spiro atoms. The first-order chi connectivity index (χ1) is 7.43.